The van der Waals surface area contributed by atoms with Crippen LogP contribution in [0.5, 0.6) is 11.5 Å². The van der Waals surface area contributed by atoms with Crippen molar-refractivity contribution >= 4 is 27.7 Å². The van der Waals surface area contributed by atoms with Crippen molar-refractivity contribution in [3.63, 3.8) is 0 Å². The summed E-state index contributed by atoms with van der Waals surface area (Å²) in [5.41, 5.74) is 2.64. The number of ether oxygens (including phenoxy) is 2. The molecule has 41 heavy (non-hydrogen) atoms. The highest BCUT2D eigenvalue weighted by molar-refractivity contribution is 6.17. The largest absolute Gasteiger partial charge is 0.507 e. The fraction of sp³-hybridized carbons (Fsp3) is 0.471. The number of phenols is 1. The maximum Gasteiger partial charge on any atom is 0.342 e. The summed E-state index contributed by atoms with van der Waals surface area (Å²) in [6.45, 7) is 6.28. The Kier molecular flexibility index (Phi) is 8.15. The molecule has 0 bridgehead atoms. The van der Waals surface area contributed by atoms with E-state index in [9.17, 15) is 9.90 Å². The zero-order chi connectivity index (χ0) is 28.3. The van der Waals surface area contributed by atoms with Gasteiger partial charge < -0.3 is 19.0 Å². The van der Waals surface area contributed by atoms with Crippen molar-refractivity contribution in [2.75, 3.05) is 26.3 Å². The molecular weight excluding hydrogens is 516 g/mol. The van der Waals surface area contributed by atoms with Gasteiger partial charge >= 0.3 is 5.97 Å². The van der Waals surface area contributed by atoms with Crippen LogP contribution < -0.4 is 4.74 Å². The third-order valence-electron chi connectivity index (χ3n) is 8.90. The minimum Gasteiger partial charge on any atom is -0.507 e. The summed E-state index contributed by atoms with van der Waals surface area (Å²) < 4.78 is 18.1. The number of pyridine rings is 1. The molecule has 7 nitrogen and oxygen atoms in total. The molecule has 0 spiro atoms. The molecule has 2 aromatic heterocycles. The number of hydrogen-bond acceptors (Lipinski definition) is 7. The van der Waals surface area contributed by atoms with E-state index in [1.807, 2.05) is 30.3 Å². The fourth-order valence-corrected chi connectivity index (χ4v) is 6.90. The van der Waals surface area contributed by atoms with Crippen molar-refractivity contribution in [1.29, 1.82) is 0 Å². The zero-order valence-electron chi connectivity index (χ0n) is 24.2. The van der Waals surface area contributed by atoms with Gasteiger partial charge in [0.05, 0.1) is 19.3 Å². The average molecular weight is 557 g/mol. The van der Waals surface area contributed by atoms with E-state index in [1.165, 1.54) is 32.1 Å². The van der Waals surface area contributed by atoms with Gasteiger partial charge in [0.25, 0.3) is 0 Å². The first-order valence-electron chi connectivity index (χ1n) is 15.2. The Labute approximate surface area is 241 Å². The monoisotopic (exact) mass is 556 g/mol. The minimum atomic E-state index is -0.442. The summed E-state index contributed by atoms with van der Waals surface area (Å²) in [5.74, 6) is 1.65. The van der Waals surface area contributed by atoms with Gasteiger partial charge in [-0.25, -0.2) is 4.79 Å². The molecule has 216 valence electrons. The summed E-state index contributed by atoms with van der Waals surface area (Å²) in [4.78, 5) is 20.0. The smallest absolute Gasteiger partial charge is 0.342 e. The average Bonchev–Trinajstić information content (AvgIpc) is 3.64. The number of furan rings is 1. The number of benzene rings is 2. The number of carbonyl (C=O) groups is 1. The Morgan fingerprint density at radius 3 is 2.56 bits per heavy atom. The summed E-state index contributed by atoms with van der Waals surface area (Å²) in [5, 5.41) is 14.2. The zero-order valence-corrected chi connectivity index (χ0v) is 24.2. The predicted octanol–water partition coefficient (Wildman–Crippen LogP) is 7.71. The van der Waals surface area contributed by atoms with Crippen LogP contribution in [-0.4, -0.2) is 47.3 Å². The third-order valence-corrected chi connectivity index (χ3v) is 8.90. The van der Waals surface area contributed by atoms with Crippen molar-refractivity contribution in [2.45, 2.75) is 71.3 Å². The van der Waals surface area contributed by atoms with Gasteiger partial charge in [0.1, 0.15) is 28.4 Å². The molecule has 6 rings (SSSR count). The van der Waals surface area contributed by atoms with E-state index in [0.29, 0.717) is 39.8 Å². The van der Waals surface area contributed by atoms with Crippen molar-refractivity contribution in [1.82, 2.24) is 9.88 Å². The lowest BCUT2D eigenvalue weighted by atomic mass is 9.88. The van der Waals surface area contributed by atoms with Crippen molar-refractivity contribution < 1.29 is 23.8 Å². The molecule has 1 saturated carbocycles. The van der Waals surface area contributed by atoms with Crippen LogP contribution in [0.4, 0.5) is 0 Å². The molecule has 1 atom stereocenters. The van der Waals surface area contributed by atoms with Gasteiger partial charge in [-0.05, 0) is 88.0 Å². The van der Waals surface area contributed by atoms with E-state index in [1.54, 1.807) is 26.2 Å². The number of likely N-dealkylation sites (tertiary alicyclic amines) is 1. The number of carbonyl (C=O) groups excluding carboxylic acids is 1. The second-order valence-corrected chi connectivity index (χ2v) is 11.5. The van der Waals surface area contributed by atoms with Crippen LogP contribution in [0.2, 0.25) is 0 Å². The fourth-order valence-electron chi connectivity index (χ4n) is 6.90. The SMILES string of the molecule is CCOC(=O)c1c(C)oc2c1c(C(c1ccncc1)N1CCCCC1)c(O)c1cc(OCCC3CCCC3)ccc12. The molecule has 4 aromatic rings. The molecule has 1 N–H and O–H groups in total. The van der Waals surface area contributed by atoms with Crippen LogP contribution in [0.1, 0.15) is 91.6 Å². The molecule has 1 aliphatic heterocycles. The van der Waals surface area contributed by atoms with Crippen molar-refractivity contribution in [3.05, 3.63) is 65.2 Å². The maximum atomic E-state index is 13.3. The minimum absolute atomic E-state index is 0.146. The highest BCUT2D eigenvalue weighted by atomic mass is 16.5. The van der Waals surface area contributed by atoms with Crippen molar-refractivity contribution in [2.24, 2.45) is 5.92 Å². The van der Waals surface area contributed by atoms with E-state index in [2.05, 4.69) is 9.88 Å². The number of aromatic nitrogens is 1. The van der Waals surface area contributed by atoms with Crippen LogP contribution in [0.15, 0.2) is 47.1 Å². The first kappa shape index (κ1) is 27.6. The highest BCUT2D eigenvalue weighted by Gasteiger charge is 2.34. The standard InChI is InChI=1S/C34H40N2O5/c1-3-39-34(38)28-22(2)41-33-26-12-11-25(40-20-15-23-9-5-6-10-23)21-27(26)32(37)30(29(28)33)31(24-13-16-35-17-14-24)36-18-7-4-8-19-36/h11-14,16-17,21,23,31,37H,3-10,15,18-20H2,1-2H3. The number of fused-ring (bicyclic) bond motifs is 3. The van der Waals surface area contributed by atoms with E-state index in [0.717, 1.165) is 55.0 Å². The van der Waals surface area contributed by atoms with Gasteiger partial charge in [0, 0.05) is 34.1 Å². The second kappa shape index (κ2) is 12.1. The van der Waals surface area contributed by atoms with Gasteiger partial charge in [-0.3, -0.25) is 9.88 Å². The number of piperidine rings is 1. The van der Waals surface area contributed by atoms with Gasteiger partial charge in [-0.1, -0.05) is 32.1 Å². The maximum absolute atomic E-state index is 13.3. The number of rotatable bonds is 9. The van der Waals surface area contributed by atoms with E-state index in [-0.39, 0.29) is 18.4 Å². The predicted molar refractivity (Wildman–Crippen MR) is 160 cm³/mol. The van der Waals surface area contributed by atoms with Gasteiger partial charge in [-0.15, -0.1) is 0 Å². The Balaban J connectivity index is 1.54. The first-order valence-corrected chi connectivity index (χ1v) is 15.2. The van der Waals surface area contributed by atoms with Crippen LogP contribution in [0.3, 0.4) is 0 Å². The van der Waals surface area contributed by atoms with E-state index < -0.39 is 5.97 Å². The summed E-state index contributed by atoms with van der Waals surface area (Å²) in [7, 11) is 0. The van der Waals surface area contributed by atoms with Gasteiger partial charge in [-0.2, -0.15) is 0 Å². The van der Waals surface area contributed by atoms with Gasteiger partial charge in [0.2, 0.25) is 0 Å². The molecule has 2 aromatic carbocycles. The number of aryl methyl sites for hydroxylation is 1. The van der Waals surface area contributed by atoms with Gasteiger partial charge in [0.15, 0.2) is 0 Å². The summed E-state index contributed by atoms with van der Waals surface area (Å²) >= 11 is 0. The molecule has 0 radical (unpaired) electrons. The summed E-state index contributed by atoms with van der Waals surface area (Å²) in [6.07, 6.45) is 13.2. The molecule has 1 saturated heterocycles. The third kappa shape index (κ3) is 5.40. The number of aromatic hydroxyl groups is 1. The van der Waals surface area contributed by atoms with Crippen LogP contribution >= 0.6 is 0 Å². The lowest BCUT2D eigenvalue weighted by molar-refractivity contribution is 0.0526. The molecule has 7 heteroatoms. The van der Waals surface area contributed by atoms with Crippen molar-refractivity contribution in [3.8, 4) is 11.5 Å². The molecule has 1 unspecified atom stereocenters. The molecular formula is C34H40N2O5. The molecule has 2 aliphatic rings. The molecule has 1 aliphatic carbocycles. The molecule has 0 amide bonds. The number of nitrogens with zero attached hydrogens (tertiary/aromatic N) is 2. The normalized spacial score (nSPS) is 17.3. The summed E-state index contributed by atoms with van der Waals surface area (Å²) in [6, 6.07) is 9.49. The Morgan fingerprint density at radius 2 is 1.83 bits per heavy atom. The lowest BCUT2D eigenvalue weighted by Gasteiger charge is -2.36. The molecule has 3 heterocycles. The second-order valence-electron chi connectivity index (χ2n) is 11.5. The number of esters is 1. The topological polar surface area (TPSA) is 85.0 Å². The van der Waals surface area contributed by atoms with E-state index >= 15 is 0 Å². The number of phenolic OH excluding ortho intramolecular Hbond substituents is 1. The highest BCUT2D eigenvalue weighted by Crippen LogP contribution is 2.48. The van der Waals surface area contributed by atoms with Crippen LogP contribution in [0, 0.1) is 12.8 Å². The Morgan fingerprint density at radius 1 is 1.07 bits per heavy atom. The van der Waals surface area contributed by atoms with E-state index in [4.69, 9.17) is 13.9 Å². The Hall–Kier alpha value is -3.58. The molecule has 2 fully saturated rings. The number of hydrogen-bond donors (Lipinski definition) is 1. The quantitative estimate of drug-likeness (QED) is 0.211. The lowest BCUT2D eigenvalue weighted by Crippen LogP contribution is -2.34. The first-order chi connectivity index (χ1) is 20.1. The van der Waals surface area contributed by atoms with Crippen LogP contribution in [-0.2, 0) is 4.74 Å². The van der Waals surface area contributed by atoms with Crippen LogP contribution in [0.25, 0.3) is 21.7 Å². The Bertz CT molecular complexity index is 1520.